The molecule has 1 unspecified atom stereocenters. The Kier molecular flexibility index (Phi) is 4.65. The SMILES string of the molecule is CNC1=C([N+](=O)[O-])C(c2ccc(C)cc2)C(C#N)=C(C(C)(C)C)O1. The fourth-order valence-electron chi connectivity index (χ4n) is 2.73. The van der Waals surface area contributed by atoms with E-state index in [9.17, 15) is 15.4 Å². The monoisotopic (exact) mass is 327 g/mol. The molecule has 0 spiro atoms. The van der Waals surface area contributed by atoms with Crippen molar-refractivity contribution >= 4 is 0 Å². The topological polar surface area (TPSA) is 88.2 Å². The zero-order valence-electron chi connectivity index (χ0n) is 14.5. The summed E-state index contributed by atoms with van der Waals surface area (Å²) in [4.78, 5) is 11.2. The molecule has 1 aliphatic rings. The number of rotatable bonds is 3. The van der Waals surface area contributed by atoms with Gasteiger partial charge in [-0.1, -0.05) is 50.6 Å². The Labute approximate surface area is 141 Å². The third-order valence-electron chi connectivity index (χ3n) is 3.88. The van der Waals surface area contributed by atoms with Crippen molar-refractivity contribution in [3.63, 3.8) is 0 Å². The minimum absolute atomic E-state index is 0.0782. The van der Waals surface area contributed by atoms with Gasteiger partial charge in [0.15, 0.2) is 0 Å². The van der Waals surface area contributed by atoms with Gasteiger partial charge in [-0.05, 0) is 12.5 Å². The molecular weight excluding hydrogens is 306 g/mol. The molecule has 0 saturated carbocycles. The third kappa shape index (κ3) is 3.11. The summed E-state index contributed by atoms with van der Waals surface area (Å²) >= 11 is 0. The predicted molar refractivity (Wildman–Crippen MR) is 90.2 cm³/mol. The van der Waals surface area contributed by atoms with E-state index in [1.807, 2.05) is 52.0 Å². The summed E-state index contributed by atoms with van der Waals surface area (Å²) < 4.78 is 5.74. The summed E-state index contributed by atoms with van der Waals surface area (Å²) in [5, 5.41) is 24.2. The van der Waals surface area contributed by atoms with Crippen LogP contribution < -0.4 is 5.32 Å². The fraction of sp³-hybridized carbons (Fsp3) is 0.389. The third-order valence-corrected chi connectivity index (χ3v) is 3.88. The lowest BCUT2D eigenvalue weighted by Gasteiger charge is -2.31. The number of aryl methyl sites for hydroxylation is 1. The molecule has 1 heterocycles. The van der Waals surface area contributed by atoms with Crippen molar-refractivity contribution in [2.75, 3.05) is 7.05 Å². The van der Waals surface area contributed by atoms with Gasteiger partial charge >= 0.3 is 5.70 Å². The summed E-state index contributed by atoms with van der Waals surface area (Å²) in [6, 6.07) is 9.54. The van der Waals surface area contributed by atoms with Crippen LogP contribution in [0, 0.1) is 33.8 Å². The van der Waals surface area contributed by atoms with Gasteiger partial charge in [-0.2, -0.15) is 5.26 Å². The Morgan fingerprint density at radius 2 is 1.88 bits per heavy atom. The second kappa shape index (κ2) is 6.36. The van der Waals surface area contributed by atoms with Gasteiger partial charge in [-0.25, -0.2) is 0 Å². The first-order valence-electron chi connectivity index (χ1n) is 7.66. The van der Waals surface area contributed by atoms with Gasteiger partial charge in [-0.3, -0.25) is 10.1 Å². The van der Waals surface area contributed by atoms with Crippen molar-refractivity contribution in [1.29, 1.82) is 5.26 Å². The Morgan fingerprint density at radius 3 is 2.29 bits per heavy atom. The molecule has 0 aliphatic carbocycles. The molecule has 1 aromatic rings. The Balaban J connectivity index is 2.77. The van der Waals surface area contributed by atoms with Gasteiger partial charge < -0.3 is 10.1 Å². The van der Waals surface area contributed by atoms with E-state index in [4.69, 9.17) is 4.74 Å². The molecule has 1 atom stereocenters. The standard InChI is InChI=1S/C18H21N3O3/c1-11-6-8-12(9-7-11)14-13(10-19)16(18(2,3)4)24-17(20-5)15(14)21(22)23/h6-9,14,20H,1-5H3. The molecule has 0 bridgehead atoms. The van der Waals surface area contributed by atoms with Crippen LogP contribution >= 0.6 is 0 Å². The number of hydrogen-bond acceptors (Lipinski definition) is 5. The van der Waals surface area contributed by atoms with Crippen LogP contribution in [0.2, 0.25) is 0 Å². The summed E-state index contributed by atoms with van der Waals surface area (Å²) in [6.07, 6.45) is 0. The van der Waals surface area contributed by atoms with Crippen molar-refractivity contribution in [1.82, 2.24) is 5.32 Å². The average molecular weight is 327 g/mol. The second-order valence-corrected chi connectivity index (χ2v) is 6.77. The zero-order valence-corrected chi connectivity index (χ0v) is 14.5. The molecule has 2 rings (SSSR count). The van der Waals surface area contributed by atoms with E-state index in [1.165, 1.54) is 0 Å². The van der Waals surface area contributed by atoms with Crippen molar-refractivity contribution < 1.29 is 9.66 Å². The number of allylic oxidation sites excluding steroid dienone is 2. The van der Waals surface area contributed by atoms with Crippen LogP contribution in [-0.2, 0) is 4.74 Å². The second-order valence-electron chi connectivity index (χ2n) is 6.77. The highest BCUT2D eigenvalue weighted by atomic mass is 16.6. The molecule has 0 saturated heterocycles. The lowest BCUT2D eigenvalue weighted by atomic mass is 9.80. The molecule has 1 aliphatic heterocycles. The van der Waals surface area contributed by atoms with Gasteiger partial charge in [0.1, 0.15) is 11.7 Å². The normalized spacial score (nSPS) is 18.1. The van der Waals surface area contributed by atoms with E-state index in [-0.39, 0.29) is 17.2 Å². The summed E-state index contributed by atoms with van der Waals surface area (Å²) in [7, 11) is 1.57. The number of nitro groups is 1. The fourth-order valence-corrected chi connectivity index (χ4v) is 2.73. The van der Waals surface area contributed by atoms with Crippen molar-refractivity contribution in [2.24, 2.45) is 5.41 Å². The van der Waals surface area contributed by atoms with Crippen LogP contribution in [0.5, 0.6) is 0 Å². The van der Waals surface area contributed by atoms with Crippen LogP contribution in [0.15, 0.2) is 47.2 Å². The van der Waals surface area contributed by atoms with Crippen LogP contribution in [0.1, 0.15) is 37.8 Å². The highest BCUT2D eigenvalue weighted by Gasteiger charge is 2.43. The summed E-state index contributed by atoms with van der Waals surface area (Å²) in [5.41, 5.74) is 1.41. The lowest BCUT2D eigenvalue weighted by Crippen LogP contribution is -2.30. The first kappa shape index (κ1) is 17.5. The van der Waals surface area contributed by atoms with Crippen molar-refractivity contribution in [3.05, 3.63) is 68.4 Å². The maximum absolute atomic E-state index is 11.7. The molecule has 0 aromatic heterocycles. The minimum atomic E-state index is -0.768. The van der Waals surface area contributed by atoms with Crippen molar-refractivity contribution in [3.8, 4) is 6.07 Å². The van der Waals surface area contributed by atoms with Crippen molar-refractivity contribution in [2.45, 2.75) is 33.6 Å². The van der Waals surface area contributed by atoms with Crippen LogP contribution in [-0.4, -0.2) is 12.0 Å². The largest absolute Gasteiger partial charge is 0.438 e. The average Bonchev–Trinajstić information content (AvgIpc) is 2.52. The lowest BCUT2D eigenvalue weighted by molar-refractivity contribution is -0.433. The molecule has 0 radical (unpaired) electrons. The molecule has 0 fully saturated rings. The predicted octanol–water partition coefficient (Wildman–Crippen LogP) is 3.60. The maximum Gasteiger partial charge on any atom is 0.318 e. The van der Waals surface area contributed by atoms with Gasteiger partial charge in [0, 0.05) is 12.5 Å². The Hall–Kier alpha value is -2.81. The minimum Gasteiger partial charge on any atom is -0.438 e. The molecule has 1 aromatic carbocycles. The van der Waals surface area contributed by atoms with Crippen LogP contribution in [0.4, 0.5) is 0 Å². The zero-order chi connectivity index (χ0) is 18.1. The highest BCUT2D eigenvalue weighted by Crippen LogP contribution is 2.44. The number of nitrogens with one attached hydrogen (secondary N) is 1. The summed E-state index contributed by atoms with van der Waals surface area (Å²) in [6.45, 7) is 7.68. The van der Waals surface area contributed by atoms with E-state index in [2.05, 4.69) is 11.4 Å². The number of hydrogen-bond donors (Lipinski definition) is 1. The van der Waals surface area contributed by atoms with E-state index in [1.54, 1.807) is 7.05 Å². The maximum atomic E-state index is 11.7. The van der Waals surface area contributed by atoms with Gasteiger partial charge in [0.05, 0.1) is 16.6 Å². The number of ether oxygens (including phenoxy) is 1. The number of nitrogens with zero attached hydrogens (tertiary/aromatic N) is 2. The van der Waals surface area contributed by atoms with E-state index in [0.717, 1.165) is 5.56 Å². The van der Waals surface area contributed by atoms with Gasteiger partial charge in [-0.15, -0.1) is 0 Å². The van der Waals surface area contributed by atoms with Gasteiger partial charge in [0.2, 0.25) is 0 Å². The van der Waals surface area contributed by atoms with E-state index >= 15 is 0 Å². The number of nitriles is 1. The summed E-state index contributed by atoms with van der Waals surface area (Å²) in [5.74, 6) is -0.240. The van der Waals surface area contributed by atoms with E-state index in [0.29, 0.717) is 11.3 Å². The molecule has 126 valence electrons. The molecule has 6 nitrogen and oxygen atoms in total. The molecule has 0 amide bonds. The highest BCUT2D eigenvalue weighted by molar-refractivity contribution is 5.48. The molecule has 6 heteroatoms. The van der Waals surface area contributed by atoms with Gasteiger partial charge in [0.25, 0.3) is 5.88 Å². The van der Waals surface area contributed by atoms with E-state index < -0.39 is 16.3 Å². The number of benzene rings is 1. The first-order valence-corrected chi connectivity index (χ1v) is 7.66. The smallest absolute Gasteiger partial charge is 0.318 e. The Morgan fingerprint density at radius 1 is 1.29 bits per heavy atom. The quantitative estimate of drug-likeness (QED) is 0.677. The van der Waals surface area contributed by atoms with Crippen LogP contribution in [0.3, 0.4) is 0 Å². The first-order chi connectivity index (χ1) is 11.2. The Bertz CT molecular complexity index is 762. The molecular formula is C18H21N3O3. The van der Waals surface area contributed by atoms with Crippen LogP contribution in [0.25, 0.3) is 0 Å². The molecule has 24 heavy (non-hydrogen) atoms. The molecule has 1 N–H and O–H groups in total.